The summed E-state index contributed by atoms with van der Waals surface area (Å²) in [5.41, 5.74) is 1.68. The van der Waals surface area contributed by atoms with E-state index in [1.807, 2.05) is 16.7 Å². The van der Waals surface area contributed by atoms with Gasteiger partial charge in [-0.15, -0.1) is 11.6 Å². The lowest BCUT2D eigenvalue weighted by Crippen LogP contribution is -2.06. The van der Waals surface area contributed by atoms with Gasteiger partial charge in [0.05, 0.1) is 5.88 Å². The molecule has 3 aromatic heterocycles. The van der Waals surface area contributed by atoms with Gasteiger partial charge >= 0.3 is 0 Å². The maximum atomic E-state index is 5.93. The van der Waals surface area contributed by atoms with Crippen molar-refractivity contribution >= 4 is 22.8 Å². The van der Waals surface area contributed by atoms with Crippen molar-refractivity contribution in [1.29, 1.82) is 0 Å². The number of aromatic nitrogens is 5. The topological polar surface area (TPSA) is 69.6 Å². The Kier molecular flexibility index (Phi) is 3.16. The zero-order chi connectivity index (χ0) is 13.2. The first-order valence-corrected chi connectivity index (χ1v) is 6.46. The summed E-state index contributed by atoms with van der Waals surface area (Å²) in [6.07, 6.45) is 2.40. The zero-order valence-corrected chi connectivity index (χ0v) is 11.1. The van der Waals surface area contributed by atoms with E-state index >= 15 is 0 Å². The van der Waals surface area contributed by atoms with E-state index in [1.165, 1.54) is 0 Å². The van der Waals surface area contributed by atoms with E-state index in [0.29, 0.717) is 30.6 Å². The number of alkyl halides is 1. The molecule has 3 rings (SSSR count). The summed E-state index contributed by atoms with van der Waals surface area (Å²) in [5, 5.41) is 3.88. The van der Waals surface area contributed by atoms with Crippen LogP contribution in [0, 0.1) is 6.92 Å². The average molecular weight is 278 g/mol. The second-order valence-electron chi connectivity index (χ2n) is 4.14. The predicted octanol–water partition coefficient (Wildman–Crippen LogP) is 2.10. The maximum Gasteiger partial charge on any atom is 0.223 e. The smallest absolute Gasteiger partial charge is 0.223 e. The molecule has 7 heteroatoms. The van der Waals surface area contributed by atoms with Crippen LogP contribution in [0.5, 0.6) is 0 Å². The van der Waals surface area contributed by atoms with Gasteiger partial charge in [0.2, 0.25) is 5.89 Å². The van der Waals surface area contributed by atoms with E-state index in [-0.39, 0.29) is 0 Å². The van der Waals surface area contributed by atoms with Crippen LogP contribution in [-0.2, 0) is 18.8 Å². The molecule has 0 aliphatic carbocycles. The quantitative estimate of drug-likeness (QED) is 0.683. The molecule has 0 radical (unpaired) electrons. The fourth-order valence-corrected chi connectivity index (χ4v) is 2.20. The Hall–Kier alpha value is -1.95. The van der Waals surface area contributed by atoms with Gasteiger partial charge in [0.25, 0.3) is 0 Å². The Balaban J connectivity index is 1.90. The largest absolute Gasteiger partial charge is 0.340 e. The highest BCUT2D eigenvalue weighted by molar-refractivity contribution is 6.16. The molecular formula is C12H12ClN5O. The first kappa shape index (κ1) is 12.1. The van der Waals surface area contributed by atoms with Gasteiger partial charge in [-0.05, 0) is 12.1 Å². The number of imidazole rings is 1. The Bertz CT molecular complexity index is 705. The van der Waals surface area contributed by atoms with Gasteiger partial charge in [-0.25, -0.2) is 9.97 Å². The standard InChI is InChI=1S/C12H12ClN5O/c1-8-15-10(17-19-8)4-6-18-11(7-13)16-9-3-2-5-14-12(9)18/h2-3,5H,4,6-7H2,1H3. The minimum absolute atomic E-state index is 0.349. The van der Waals surface area contributed by atoms with Crippen LogP contribution < -0.4 is 0 Å². The lowest BCUT2D eigenvalue weighted by molar-refractivity contribution is 0.386. The highest BCUT2D eigenvalue weighted by Crippen LogP contribution is 2.15. The molecule has 6 nitrogen and oxygen atoms in total. The lowest BCUT2D eigenvalue weighted by Gasteiger charge is -2.04. The van der Waals surface area contributed by atoms with Crippen LogP contribution in [-0.4, -0.2) is 24.7 Å². The molecule has 0 aliphatic heterocycles. The van der Waals surface area contributed by atoms with Gasteiger partial charge in [0.1, 0.15) is 11.3 Å². The number of fused-ring (bicyclic) bond motifs is 1. The van der Waals surface area contributed by atoms with Crippen LogP contribution >= 0.6 is 11.6 Å². The number of hydrogen-bond donors (Lipinski definition) is 0. The number of aryl methyl sites for hydroxylation is 3. The Morgan fingerprint density at radius 3 is 3.00 bits per heavy atom. The average Bonchev–Trinajstić information content (AvgIpc) is 2.99. The molecule has 0 saturated heterocycles. The summed E-state index contributed by atoms with van der Waals surface area (Å²) in [7, 11) is 0. The van der Waals surface area contributed by atoms with Gasteiger partial charge in [-0.1, -0.05) is 5.16 Å². The molecule has 0 fully saturated rings. The van der Waals surface area contributed by atoms with Gasteiger partial charge in [0.15, 0.2) is 11.5 Å². The maximum absolute atomic E-state index is 5.93. The molecule has 0 bridgehead atoms. The third-order valence-corrected chi connectivity index (χ3v) is 3.07. The van der Waals surface area contributed by atoms with Crippen LogP contribution in [0.4, 0.5) is 0 Å². The van der Waals surface area contributed by atoms with Crippen LogP contribution in [0.1, 0.15) is 17.5 Å². The van der Waals surface area contributed by atoms with Crippen molar-refractivity contribution in [2.75, 3.05) is 0 Å². The summed E-state index contributed by atoms with van der Waals surface area (Å²) in [5.74, 6) is 2.40. The fraction of sp³-hybridized carbons (Fsp3) is 0.333. The normalized spacial score (nSPS) is 11.3. The van der Waals surface area contributed by atoms with E-state index in [1.54, 1.807) is 13.1 Å². The van der Waals surface area contributed by atoms with E-state index in [9.17, 15) is 0 Å². The van der Waals surface area contributed by atoms with Crippen LogP contribution in [0.2, 0.25) is 0 Å². The van der Waals surface area contributed by atoms with E-state index in [4.69, 9.17) is 16.1 Å². The number of nitrogens with zero attached hydrogens (tertiary/aromatic N) is 5. The summed E-state index contributed by atoms with van der Waals surface area (Å²) < 4.78 is 6.94. The minimum Gasteiger partial charge on any atom is -0.340 e. The van der Waals surface area contributed by atoms with E-state index in [0.717, 1.165) is 17.0 Å². The van der Waals surface area contributed by atoms with Crippen molar-refractivity contribution in [1.82, 2.24) is 24.7 Å². The van der Waals surface area contributed by atoms with Crippen LogP contribution in [0.15, 0.2) is 22.9 Å². The zero-order valence-electron chi connectivity index (χ0n) is 10.4. The second kappa shape index (κ2) is 4.97. The lowest BCUT2D eigenvalue weighted by atomic mass is 10.4. The van der Waals surface area contributed by atoms with Gasteiger partial charge in [-0.3, -0.25) is 0 Å². The Morgan fingerprint density at radius 2 is 2.26 bits per heavy atom. The summed E-state index contributed by atoms with van der Waals surface area (Å²) >= 11 is 5.93. The van der Waals surface area contributed by atoms with E-state index < -0.39 is 0 Å². The number of rotatable bonds is 4. The van der Waals surface area contributed by atoms with Crippen molar-refractivity contribution in [2.45, 2.75) is 25.8 Å². The molecular weight excluding hydrogens is 266 g/mol. The summed E-state index contributed by atoms with van der Waals surface area (Å²) in [6.45, 7) is 2.45. The molecule has 0 saturated carbocycles. The van der Waals surface area contributed by atoms with Crippen LogP contribution in [0.3, 0.4) is 0 Å². The van der Waals surface area contributed by atoms with Crippen molar-refractivity contribution in [3.05, 3.63) is 35.9 Å². The third kappa shape index (κ3) is 2.31. The summed E-state index contributed by atoms with van der Waals surface area (Å²) in [4.78, 5) is 13.0. The monoisotopic (exact) mass is 277 g/mol. The summed E-state index contributed by atoms with van der Waals surface area (Å²) in [6, 6.07) is 3.79. The molecule has 19 heavy (non-hydrogen) atoms. The van der Waals surface area contributed by atoms with Gasteiger partial charge < -0.3 is 9.09 Å². The van der Waals surface area contributed by atoms with E-state index in [2.05, 4.69) is 20.1 Å². The molecule has 3 aromatic rings. The highest BCUT2D eigenvalue weighted by atomic mass is 35.5. The van der Waals surface area contributed by atoms with Crippen molar-refractivity contribution in [3.63, 3.8) is 0 Å². The Morgan fingerprint density at radius 1 is 1.37 bits per heavy atom. The molecule has 0 atom stereocenters. The molecule has 0 N–H and O–H groups in total. The van der Waals surface area contributed by atoms with Crippen molar-refractivity contribution in [3.8, 4) is 0 Å². The first-order chi connectivity index (χ1) is 9.28. The Labute approximate surface area is 114 Å². The molecule has 0 spiro atoms. The van der Waals surface area contributed by atoms with Crippen molar-refractivity contribution in [2.24, 2.45) is 0 Å². The SMILES string of the molecule is Cc1nc(CCn2c(CCl)nc3cccnc32)no1. The molecule has 98 valence electrons. The van der Waals surface area contributed by atoms with Crippen LogP contribution in [0.25, 0.3) is 11.2 Å². The molecule has 0 aliphatic rings. The third-order valence-electron chi connectivity index (χ3n) is 2.83. The number of hydrogen-bond acceptors (Lipinski definition) is 5. The second-order valence-corrected chi connectivity index (χ2v) is 4.41. The van der Waals surface area contributed by atoms with Gasteiger partial charge in [-0.2, -0.15) is 4.98 Å². The molecule has 0 amide bonds. The van der Waals surface area contributed by atoms with Crippen molar-refractivity contribution < 1.29 is 4.52 Å². The molecule has 0 unspecified atom stereocenters. The molecule has 3 heterocycles. The fourth-order valence-electron chi connectivity index (χ4n) is 2.00. The molecule has 0 aromatic carbocycles. The van der Waals surface area contributed by atoms with Gasteiger partial charge in [0, 0.05) is 26.1 Å². The number of pyridine rings is 1. The number of halogens is 1. The first-order valence-electron chi connectivity index (χ1n) is 5.93. The minimum atomic E-state index is 0.349. The highest BCUT2D eigenvalue weighted by Gasteiger charge is 2.11. The predicted molar refractivity (Wildman–Crippen MR) is 69.8 cm³/mol.